The van der Waals surface area contributed by atoms with Gasteiger partial charge in [-0.15, -0.1) is 0 Å². The van der Waals surface area contributed by atoms with Crippen molar-refractivity contribution >= 4 is 5.82 Å². The minimum absolute atomic E-state index is 0.125. The quantitative estimate of drug-likeness (QED) is 0.752. The number of aromatic nitrogens is 3. The summed E-state index contributed by atoms with van der Waals surface area (Å²) in [6, 6.07) is 9.06. The van der Waals surface area contributed by atoms with E-state index in [1.54, 1.807) is 30.1 Å². The Morgan fingerprint density at radius 3 is 2.68 bits per heavy atom. The van der Waals surface area contributed by atoms with Crippen molar-refractivity contribution in [1.82, 2.24) is 14.3 Å². The fourth-order valence-corrected chi connectivity index (χ4v) is 1.96. The van der Waals surface area contributed by atoms with E-state index >= 15 is 0 Å². The smallest absolute Gasteiger partial charge is 0.332 e. The first-order valence-corrected chi connectivity index (χ1v) is 5.73. The van der Waals surface area contributed by atoms with Gasteiger partial charge in [-0.1, -0.05) is 17.3 Å². The van der Waals surface area contributed by atoms with Crippen molar-refractivity contribution in [2.75, 3.05) is 5.73 Å². The molecule has 0 aliphatic heterocycles. The van der Waals surface area contributed by atoms with E-state index in [1.165, 1.54) is 4.57 Å². The van der Waals surface area contributed by atoms with E-state index < -0.39 is 0 Å². The van der Waals surface area contributed by atoms with Crippen molar-refractivity contribution in [3.8, 4) is 17.0 Å². The van der Waals surface area contributed by atoms with Crippen LogP contribution in [0.2, 0.25) is 0 Å². The normalized spacial score (nSPS) is 10.8. The number of hydrogen-bond donors (Lipinski definition) is 1. The highest BCUT2D eigenvalue weighted by atomic mass is 16.5. The summed E-state index contributed by atoms with van der Waals surface area (Å²) in [7, 11) is 1.70. The van der Waals surface area contributed by atoms with Crippen LogP contribution in [-0.2, 0) is 7.05 Å². The average molecular weight is 256 g/mol. The van der Waals surface area contributed by atoms with Gasteiger partial charge in [0.25, 0.3) is 0 Å². The zero-order chi connectivity index (χ0) is 13.4. The minimum Gasteiger partial charge on any atom is -0.381 e. The molecule has 0 unspecified atom stereocenters. The van der Waals surface area contributed by atoms with Crippen molar-refractivity contribution in [3.05, 3.63) is 53.2 Å². The van der Waals surface area contributed by atoms with Crippen LogP contribution in [0.5, 0.6) is 0 Å². The highest BCUT2D eigenvalue weighted by Gasteiger charge is 2.13. The summed E-state index contributed by atoms with van der Waals surface area (Å²) in [4.78, 5) is 12.0. The number of para-hydroxylation sites is 1. The van der Waals surface area contributed by atoms with Gasteiger partial charge in [-0.3, -0.25) is 4.57 Å². The average Bonchev–Trinajstić information content (AvgIpc) is 2.98. The van der Waals surface area contributed by atoms with Crippen LogP contribution in [0.4, 0.5) is 5.82 Å². The topological polar surface area (TPSA) is 79.0 Å². The molecule has 0 amide bonds. The number of nitrogens with two attached hydrogens (primary N) is 1. The maximum Gasteiger partial charge on any atom is 0.332 e. The monoisotopic (exact) mass is 256 g/mol. The molecule has 2 heterocycles. The molecule has 2 aromatic heterocycles. The summed E-state index contributed by atoms with van der Waals surface area (Å²) < 4.78 is 8.22. The third kappa shape index (κ3) is 1.83. The second-order valence-corrected chi connectivity index (χ2v) is 4.19. The molecule has 1 aromatic carbocycles. The number of hydrogen-bond acceptors (Lipinski definition) is 4. The van der Waals surface area contributed by atoms with Crippen LogP contribution in [0, 0.1) is 0 Å². The van der Waals surface area contributed by atoms with E-state index in [-0.39, 0.29) is 5.69 Å². The number of anilines is 1. The first kappa shape index (κ1) is 11.3. The third-order valence-electron chi connectivity index (χ3n) is 2.90. The highest BCUT2D eigenvalue weighted by molar-refractivity contribution is 5.70. The molecule has 96 valence electrons. The molecule has 0 bridgehead atoms. The molecular formula is C13H12N4O2. The molecule has 0 radical (unpaired) electrons. The number of nitrogens with zero attached hydrogens (tertiary/aromatic N) is 3. The maximum atomic E-state index is 12.0. The van der Waals surface area contributed by atoms with Crippen molar-refractivity contribution in [1.29, 1.82) is 0 Å². The summed E-state index contributed by atoms with van der Waals surface area (Å²) in [5, 5.41) is 3.67. The van der Waals surface area contributed by atoms with Crippen LogP contribution in [0.25, 0.3) is 17.0 Å². The van der Waals surface area contributed by atoms with Crippen molar-refractivity contribution < 1.29 is 4.52 Å². The fourth-order valence-electron chi connectivity index (χ4n) is 1.96. The zero-order valence-electron chi connectivity index (χ0n) is 10.3. The molecule has 0 atom stereocenters. The summed E-state index contributed by atoms with van der Waals surface area (Å²) in [5.41, 5.74) is 6.93. The lowest BCUT2D eigenvalue weighted by Crippen LogP contribution is -2.20. The Labute approximate surface area is 108 Å². The van der Waals surface area contributed by atoms with Crippen LogP contribution in [0.3, 0.4) is 0 Å². The number of benzene rings is 1. The molecule has 19 heavy (non-hydrogen) atoms. The lowest BCUT2D eigenvalue weighted by Gasteiger charge is -2.06. The van der Waals surface area contributed by atoms with Crippen LogP contribution in [-0.4, -0.2) is 14.3 Å². The first-order chi connectivity index (χ1) is 9.16. The first-order valence-electron chi connectivity index (χ1n) is 5.73. The van der Waals surface area contributed by atoms with Crippen molar-refractivity contribution in [3.63, 3.8) is 0 Å². The van der Waals surface area contributed by atoms with Gasteiger partial charge < -0.3 is 14.8 Å². The van der Waals surface area contributed by atoms with Gasteiger partial charge in [0.15, 0.2) is 11.6 Å². The Kier molecular flexibility index (Phi) is 2.49. The molecule has 0 saturated heterocycles. The van der Waals surface area contributed by atoms with E-state index in [9.17, 15) is 4.79 Å². The Morgan fingerprint density at radius 2 is 2.05 bits per heavy atom. The van der Waals surface area contributed by atoms with Gasteiger partial charge in [0.2, 0.25) is 0 Å². The van der Waals surface area contributed by atoms with E-state index in [1.807, 2.05) is 24.3 Å². The Hall–Kier alpha value is -2.76. The molecule has 0 saturated carbocycles. The predicted molar refractivity (Wildman–Crippen MR) is 70.9 cm³/mol. The van der Waals surface area contributed by atoms with Crippen LogP contribution in [0.15, 0.2) is 52.0 Å². The zero-order valence-corrected chi connectivity index (χ0v) is 10.3. The van der Waals surface area contributed by atoms with Gasteiger partial charge in [-0.2, -0.15) is 0 Å². The Morgan fingerprint density at radius 1 is 1.26 bits per heavy atom. The second-order valence-electron chi connectivity index (χ2n) is 4.19. The molecule has 2 N–H and O–H groups in total. The maximum absolute atomic E-state index is 12.0. The molecule has 0 aliphatic carbocycles. The summed E-state index contributed by atoms with van der Waals surface area (Å²) in [6.45, 7) is 0. The third-order valence-corrected chi connectivity index (χ3v) is 2.90. The van der Waals surface area contributed by atoms with Gasteiger partial charge in [0.05, 0.1) is 5.69 Å². The summed E-state index contributed by atoms with van der Waals surface area (Å²) >= 11 is 0. The van der Waals surface area contributed by atoms with E-state index in [0.29, 0.717) is 11.6 Å². The van der Waals surface area contributed by atoms with Crippen LogP contribution < -0.4 is 11.4 Å². The summed E-state index contributed by atoms with van der Waals surface area (Å²) in [6.07, 6.45) is 3.41. The number of rotatable bonds is 2. The van der Waals surface area contributed by atoms with E-state index in [0.717, 1.165) is 11.3 Å². The van der Waals surface area contributed by atoms with E-state index in [4.69, 9.17) is 10.3 Å². The molecule has 0 aliphatic rings. The molecule has 6 nitrogen and oxygen atoms in total. The molecule has 0 spiro atoms. The van der Waals surface area contributed by atoms with Gasteiger partial charge in [-0.05, 0) is 12.1 Å². The van der Waals surface area contributed by atoms with Crippen molar-refractivity contribution in [2.24, 2.45) is 7.05 Å². The molecule has 3 rings (SSSR count). The number of nitrogen functional groups attached to an aromatic ring is 1. The fraction of sp³-hybridized carbons (Fsp3) is 0.0769. The summed E-state index contributed by atoms with van der Waals surface area (Å²) in [5.74, 6) is 0.842. The lowest BCUT2D eigenvalue weighted by atomic mass is 10.1. The Balaban J connectivity index is 2.23. The van der Waals surface area contributed by atoms with Gasteiger partial charge in [0, 0.05) is 31.1 Å². The van der Waals surface area contributed by atoms with E-state index in [2.05, 4.69) is 5.16 Å². The number of imidazole rings is 1. The molecule has 6 heteroatoms. The van der Waals surface area contributed by atoms with Crippen molar-refractivity contribution in [2.45, 2.75) is 0 Å². The predicted octanol–water partition coefficient (Wildman–Crippen LogP) is 1.41. The molecular weight excluding hydrogens is 244 g/mol. The molecule has 0 fully saturated rings. The molecule has 3 aromatic rings. The highest BCUT2D eigenvalue weighted by Crippen LogP contribution is 2.27. The van der Waals surface area contributed by atoms with Crippen LogP contribution in [0.1, 0.15) is 0 Å². The second kappa shape index (κ2) is 4.16. The lowest BCUT2D eigenvalue weighted by molar-refractivity contribution is 0.435. The Bertz CT molecular complexity index is 782. The SMILES string of the molecule is Cn1ccn(-c2ccccc2-c2cc(N)no2)c1=O. The standard InChI is InChI=1S/C13H12N4O2/c1-16-6-7-17(13(16)18)10-5-3-2-4-9(10)11-8-12(14)15-19-11/h2-8H,1H3,(H2,14,15). The number of aryl methyl sites for hydroxylation is 1. The largest absolute Gasteiger partial charge is 0.381 e. The van der Waals surface area contributed by atoms with Gasteiger partial charge in [-0.25, -0.2) is 4.79 Å². The van der Waals surface area contributed by atoms with Gasteiger partial charge in [0.1, 0.15) is 0 Å². The van der Waals surface area contributed by atoms with Crippen LogP contribution >= 0.6 is 0 Å². The van der Waals surface area contributed by atoms with Gasteiger partial charge >= 0.3 is 5.69 Å². The minimum atomic E-state index is -0.125.